The van der Waals surface area contributed by atoms with Gasteiger partial charge in [0.15, 0.2) is 5.17 Å². The Bertz CT molecular complexity index is 1280. The van der Waals surface area contributed by atoms with Crippen LogP contribution in [-0.4, -0.2) is 42.2 Å². The quantitative estimate of drug-likeness (QED) is 0.250. The van der Waals surface area contributed by atoms with Crippen LogP contribution in [0.15, 0.2) is 36.7 Å². The third-order valence-corrected chi connectivity index (χ3v) is 7.57. The van der Waals surface area contributed by atoms with Gasteiger partial charge in [-0.3, -0.25) is 30.4 Å². The zero-order valence-electron chi connectivity index (χ0n) is 20.6. The number of nitrogens with one attached hydrogen (secondary N) is 4. The molecule has 192 valence electrons. The summed E-state index contributed by atoms with van der Waals surface area (Å²) in [5, 5.41) is 31.5. The van der Waals surface area contributed by atoms with Gasteiger partial charge in [0.2, 0.25) is 16.9 Å². The Morgan fingerprint density at radius 2 is 1.59 bits per heavy atom. The molecule has 3 aromatic rings. The van der Waals surface area contributed by atoms with E-state index in [0.717, 1.165) is 40.7 Å². The first-order valence-electron chi connectivity index (χ1n) is 11.8. The number of aryl methyl sites for hydroxylation is 2. The van der Waals surface area contributed by atoms with Gasteiger partial charge in [-0.15, -0.1) is 10.2 Å². The van der Waals surface area contributed by atoms with Crippen molar-refractivity contribution in [3.63, 3.8) is 0 Å². The SMILES string of the molecule is Cc1ccc(CC(=O)NC(=N)SC(=N)CC2CC(c3nnc(NC(=O)Cc4ccc(C)cn4)s3)C2)nc1. The topological polar surface area (TPSA) is 157 Å². The largest absolute Gasteiger partial charge is 0.305 e. The Morgan fingerprint density at radius 3 is 2.19 bits per heavy atom. The fraction of sp³-hybridized carbons (Fsp3) is 0.360. The molecule has 37 heavy (non-hydrogen) atoms. The zero-order chi connectivity index (χ0) is 26.4. The van der Waals surface area contributed by atoms with E-state index in [9.17, 15) is 9.59 Å². The summed E-state index contributed by atoms with van der Waals surface area (Å²) in [6.07, 6.45) is 6.00. The fourth-order valence-electron chi connectivity index (χ4n) is 3.88. The van der Waals surface area contributed by atoms with Crippen molar-refractivity contribution in [1.29, 1.82) is 10.8 Å². The van der Waals surface area contributed by atoms with E-state index in [1.165, 1.54) is 11.3 Å². The average Bonchev–Trinajstić information content (AvgIpc) is 3.26. The molecular formula is C25H28N8O2S2. The summed E-state index contributed by atoms with van der Waals surface area (Å²) in [4.78, 5) is 32.9. The van der Waals surface area contributed by atoms with Gasteiger partial charge in [0.05, 0.1) is 17.9 Å². The number of anilines is 1. The second-order valence-electron chi connectivity index (χ2n) is 9.14. The summed E-state index contributed by atoms with van der Waals surface area (Å²) < 4.78 is 0. The van der Waals surface area contributed by atoms with E-state index in [0.29, 0.717) is 33.9 Å². The molecule has 4 rings (SSSR count). The monoisotopic (exact) mass is 536 g/mol. The molecule has 0 spiro atoms. The number of amidine groups is 1. The first-order valence-corrected chi connectivity index (χ1v) is 13.5. The minimum Gasteiger partial charge on any atom is -0.305 e. The van der Waals surface area contributed by atoms with E-state index < -0.39 is 0 Å². The van der Waals surface area contributed by atoms with Crippen LogP contribution in [0, 0.1) is 30.6 Å². The first-order chi connectivity index (χ1) is 17.7. The number of carbonyl (C=O) groups excluding carboxylic acids is 2. The standard InChI is InChI=1S/C25H28N8O2S2/c1-14-3-5-18(28-12-14)10-21(34)30-24(27)36-20(26)9-16-7-17(8-16)23-32-33-25(37-23)31-22(35)11-19-6-4-15(2)13-29-19/h3-6,12-13,16-17,26H,7-11H2,1-2H3,(H2,27,30,34)(H,31,33,35). The number of thioether (sulfide) groups is 1. The predicted molar refractivity (Wildman–Crippen MR) is 145 cm³/mol. The second-order valence-corrected chi connectivity index (χ2v) is 11.3. The Balaban J connectivity index is 1.14. The number of rotatable bonds is 8. The van der Waals surface area contributed by atoms with Crippen molar-refractivity contribution in [1.82, 2.24) is 25.5 Å². The van der Waals surface area contributed by atoms with E-state index in [1.54, 1.807) is 18.5 Å². The van der Waals surface area contributed by atoms with Gasteiger partial charge < -0.3 is 10.6 Å². The minimum absolute atomic E-state index is 0.0525. The van der Waals surface area contributed by atoms with Crippen LogP contribution in [0.3, 0.4) is 0 Å². The van der Waals surface area contributed by atoms with Crippen molar-refractivity contribution < 1.29 is 9.59 Å². The molecule has 0 aromatic carbocycles. The van der Waals surface area contributed by atoms with Crippen molar-refractivity contribution in [2.24, 2.45) is 5.92 Å². The first kappa shape index (κ1) is 26.6. The molecule has 3 heterocycles. The van der Waals surface area contributed by atoms with Gasteiger partial charge in [-0.05, 0) is 74.0 Å². The molecule has 1 saturated carbocycles. The Labute approximate surface area is 223 Å². The third-order valence-electron chi connectivity index (χ3n) is 5.85. The lowest BCUT2D eigenvalue weighted by atomic mass is 9.74. The van der Waals surface area contributed by atoms with Crippen molar-refractivity contribution in [3.05, 3.63) is 64.2 Å². The summed E-state index contributed by atoms with van der Waals surface area (Å²) >= 11 is 2.34. The molecule has 0 aliphatic heterocycles. The van der Waals surface area contributed by atoms with Crippen LogP contribution in [0.25, 0.3) is 0 Å². The van der Waals surface area contributed by atoms with Crippen LogP contribution in [0.2, 0.25) is 0 Å². The van der Waals surface area contributed by atoms with Crippen LogP contribution < -0.4 is 10.6 Å². The predicted octanol–water partition coefficient (Wildman–Crippen LogP) is 4.01. The Kier molecular flexibility index (Phi) is 8.72. The highest BCUT2D eigenvalue weighted by Gasteiger charge is 2.34. The lowest BCUT2D eigenvalue weighted by Crippen LogP contribution is -2.30. The van der Waals surface area contributed by atoms with Crippen LogP contribution in [0.4, 0.5) is 5.13 Å². The van der Waals surface area contributed by atoms with E-state index >= 15 is 0 Å². The molecule has 0 radical (unpaired) electrons. The van der Waals surface area contributed by atoms with Crippen LogP contribution in [0.5, 0.6) is 0 Å². The maximum Gasteiger partial charge on any atom is 0.232 e. The van der Waals surface area contributed by atoms with Crippen molar-refractivity contribution in [3.8, 4) is 0 Å². The summed E-state index contributed by atoms with van der Waals surface area (Å²) in [5.41, 5.74) is 3.40. The van der Waals surface area contributed by atoms with Gasteiger partial charge >= 0.3 is 0 Å². The van der Waals surface area contributed by atoms with Gasteiger partial charge in [-0.25, -0.2) is 0 Å². The van der Waals surface area contributed by atoms with E-state index in [-0.39, 0.29) is 35.7 Å². The highest BCUT2D eigenvalue weighted by molar-refractivity contribution is 8.26. The van der Waals surface area contributed by atoms with Gasteiger partial charge in [0, 0.05) is 29.7 Å². The van der Waals surface area contributed by atoms with Crippen LogP contribution in [0.1, 0.15) is 52.7 Å². The number of pyridine rings is 2. The summed E-state index contributed by atoms with van der Waals surface area (Å²) in [6, 6.07) is 7.44. The smallest absolute Gasteiger partial charge is 0.232 e. The number of nitrogens with zero attached hydrogens (tertiary/aromatic N) is 4. The number of carbonyl (C=O) groups is 2. The molecule has 0 bridgehead atoms. The van der Waals surface area contributed by atoms with Gasteiger partial charge in [0.1, 0.15) is 5.01 Å². The molecule has 4 N–H and O–H groups in total. The molecular weight excluding hydrogens is 508 g/mol. The molecule has 2 amide bonds. The normalized spacial score (nSPS) is 16.5. The lowest BCUT2D eigenvalue weighted by molar-refractivity contribution is -0.119. The maximum absolute atomic E-state index is 12.3. The molecule has 10 nitrogen and oxygen atoms in total. The molecule has 3 aromatic heterocycles. The molecule has 0 unspecified atom stereocenters. The molecule has 0 saturated heterocycles. The molecule has 1 aliphatic rings. The minimum atomic E-state index is -0.320. The van der Waals surface area contributed by atoms with Crippen molar-refractivity contribution >= 4 is 50.3 Å². The number of hydrogen-bond donors (Lipinski definition) is 4. The highest BCUT2D eigenvalue weighted by atomic mass is 32.2. The van der Waals surface area contributed by atoms with E-state index in [4.69, 9.17) is 10.8 Å². The summed E-state index contributed by atoms with van der Waals surface area (Å²) in [6.45, 7) is 3.88. The number of amides is 2. The Hall–Kier alpha value is -3.51. The van der Waals surface area contributed by atoms with Crippen molar-refractivity contribution in [2.75, 3.05) is 5.32 Å². The number of aromatic nitrogens is 4. The second kappa shape index (κ2) is 12.2. The van der Waals surface area contributed by atoms with Gasteiger partial charge in [0.25, 0.3) is 0 Å². The third kappa shape index (κ3) is 7.99. The summed E-state index contributed by atoms with van der Waals surface area (Å²) in [5.74, 6) is 0.0750. The highest BCUT2D eigenvalue weighted by Crippen LogP contribution is 2.45. The maximum atomic E-state index is 12.3. The van der Waals surface area contributed by atoms with E-state index in [1.807, 2.05) is 32.0 Å². The lowest BCUT2D eigenvalue weighted by Gasteiger charge is -2.33. The van der Waals surface area contributed by atoms with Crippen LogP contribution >= 0.6 is 23.1 Å². The molecule has 1 aliphatic carbocycles. The zero-order valence-corrected chi connectivity index (χ0v) is 22.2. The molecule has 1 fully saturated rings. The fourth-order valence-corrected chi connectivity index (χ4v) is 5.49. The average molecular weight is 537 g/mol. The van der Waals surface area contributed by atoms with Crippen LogP contribution in [-0.2, 0) is 22.4 Å². The van der Waals surface area contributed by atoms with E-state index in [2.05, 4.69) is 30.8 Å². The Morgan fingerprint density at radius 1 is 0.973 bits per heavy atom. The summed E-state index contributed by atoms with van der Waals surface area (Å²) in [7, 11) is 0. The number of hydrogen-bond acceptors (Lipinski definition) is 10. The molecule has 0 atom stereocenters. The van der Waals surface area contributed by atoms with Crippen molar-refractivity contribution in [2.45, 2.75) is 51.9 Å². The van der Waals surface area contributed by atoms with Gasteiger partial charge in [-0.1, -0.05) is 23.5 Å². The van der Waals surface area contributed by atoms with Gasteiger partial charge in [-0.2, -0.15) is 0 Å². The molecule has 12 heteroatoms.